The Bertz CT molecular complexity index is 1360. The molecule has 1 aliphatic heterocycles. The van der Waals surface area contributed by atoms with Crippen LogP contribution >= 0.6 is 31.9 Å². The number of anilines is 1. The smallest absolute Gasteiger partial charge is 0.335 e. The SMILES string of the molecule is COc1cc(/C=C2\C(=O)NC(=O)N(c3cccc(F)c3)C2=O)cc(Br)c1OCc1ccc(Br)cc1. The van der Waals surface area contributed by atoms with Gasteiger partial charge in [-0.1, -0.05) is 34.1 Å². The second kappa shape index (κ2) is 10.4. The lowest BCUT2D eigenvalue weighted by Crippen LogP contribution is -2.54. The molecule has 1 aliphatic rings. The zero-order valence-corrected chi connectivity index (χ0v) is 21.4. The van der Waals surface area contributed by atoms with Crippen molar-refractivity contribution in [2.75, 3.05) is 12.0 Å². The number of carbonyl (C=O) groups excluding carboxylic acids is 3. The van der Waals surface area contributed by atoms with Crippen LogP contribution in [0.4, 0.5) is 14.9 Å². The van der Waals surface area contributed by atoms with Gasteiger partial charge in [0.2, 0.25) is 0 Å². The summed E-state index contributed by atoms with van der Waals surface area (Å²) >= 11 is 6.84. The van der Waals surface area contributed by atoms with Crippen molar-refractivity contribution in [2.24, 2.45) is 0 Å². The number of benzene rings is 3. The Morgan fingerprint density at radius 3 is 2.46 bits per heavy atom. The van der Waals surface area contributed by atoms with E-state index in [0.29, 0.717) is 26.4 Å². The van der Waals surface area contributed by atoms with Crippen molar-refractivity contribution in [1.82, 2.24) is 5.32 Å². The summed E-state index contributed by atoms with van der Waals surface area (Å²) in [5, 5.41) is 2.11. The van der Waals surface area contributed by atoms with E-state index in [1.54, 1.807) is 12.1 Å². The van der Waals surface area contributed by atoms with Crippen LogP contribution in [-0.4, -0.2) is 25.0 Å². The van der Waals surface area contributed by atoms with Crippen molar-refractivity contribution in [1.29, 1.82) is 0 Å². The van der Waals surface area contributed by atoms with Crippen LogP contribution in [0.5, 0.6) is 11.5 Å². The first-order valence-corrected chi connectivity index (χ1v) is 11.8. The van der Waals surface area contributed by atoms with Gasteiger partial charge in [-0.05, 0) is 75.6 Å². The van der Waals surface area contributed by atoms with Gasteiger partial charge in [0.1, 0.15) is 18.0 Å². The van der Waals surface area contributed by atoms with Gasteiger partial charge in [-0.25, -0.2) is 14.1 Å². The standard InChI is InChI=1S/C25H17Br2FN2O5/c1-34-21-11-15(10-20(27)22(21)35-13-14-5-7-16(26)8-6-14)9-19-23(31)29-25(33)30(24(19)32)18-4-2-3-17(28)12-18/h2-12H,13H2,1H3,(H,29,31,33)/b19-9+. The highest BCUT2D eigenvalue weighted by Crippen LogP contribution is 2.38. The summed E-state index contributed by atoms with van der Waals surface area (Å²) in [5.74, 6) is -1.56. The van der Waals surface area contributed by atoms with Crippen molar-refractivity contribution in [3.63, 3.8) is 0 Å². The summed E-state index contributed by atoms with van der Waals surface area (Å²) in [4.78, 5) is 38.5. The van der Waals surface area contributed by atoms with Crippen molar-refractivity contribution >= 4 is 61.5 Å². The molecule has 1 saturated heterocycles. The number of urea groups is 1. The Hall–Kier alpha value is -3.50. The lowest BCUT2D eigenvalue weighted by atomic mass is 10.1. The van der Waals surface area contributed by atoms with Crippen LogP contribution in [0.15, 0.2) is 75.2 Å². The molecule has 3 aromatic carbocycles. The molecule has 1 fully saturated rings. The van der Waals surface area contributed by atoms with E-state index in [1.165, 1.54) is 31.4 Å². The summed E-state index contributed by atoms with van der Waals surface area (Å²) in [7, 11) is 1.47. The Balaban J connectivity index is 1.64. The molecule has 0 bridgehead atoms. The van der Waals surface area contributed by atoms with Crippen LogP contribution in [0.2, 0.25) is 0 Å². The topological polar surface area (TPSA) is 84.9 Å². The number of ether oxygens (including phenoxy) is 2. The van der Waals surface area contributed by atoms with Crippen LogP contribution in [0.3, 0.4) is 0 Å². The van der Waals surface area contributed by atoms with Gasteiger partial charge in [0.25, 0.3) is 11.8 Å². The highest BCUT2D eigenvalue weighted by atomic mass is 79.9. The van der Waals surface area contributed by atoms with E-state index in [0.717, 1.165) is 16.1 Å². The van der Waals surface area contributed by atoms with Crippen molar-refractivity contribution in [3.05, 3.63) is 92.1 Å². The van der Waals surface area contributed by atoms with Gasteiger partial charge in [-0.2, -0.15) is 0 Å². The molecule has 3 aromatic rings. The Labute approximate surface area is 216 Å². The minimum Gasteiger partial charge on any atom is -0.493 e. The molecule has 7 nitrogen and oxygen atoms in total. The van der Waals surface area contributed by atoms with Crippen LogP contribution < -0.4 is 19.7 Å². The van der Waals surface area contributed by atoms with Gasteiger partial charge < -0.3 is 9.47 Å². The average molecular weight is 604 g/mol. The minimum atomic E-state index is -0.960. The first-order valence-electron chi connectivity index (χ1n) is 10.2. The van der Waals surface area contributed by atoms with Crippen LogP contribution in [0.25, 0.3) is 6.08 Å². The number of barbiturate groups is 1. The lowest BCUT2D eigenvalue weighted by molar-refractivity contribution is -0.122. The van der Waals surface area contributed by atoms with Gasteiger partial charge in [0.15, 0.2) is 11.5 Å². The fourth-order valence-electron chi connectivity index (χ4n) is 3.37. The summed E-state index contributed by atoms with van der Waals surface area (Å²) in [6, 6.07) is 14.9. The number of amides is 4. The van der Waals surface area contributed by atoms with Crippen molar-refractivity contribution < 1.29 is 28.2 Å². The molecule has 0 aliphatic carbocycles. The summed E-state index contributed by atoms with van der Waals surface area (Å²) in [6.45, 7) is 0.286. The number of hydrogen-bond donors (Lipinski definition) is 1. The van der Waals surface area contributed by atoms with Crippen molar-refractivity contribution in [3.8, 4) is 11.5 Å². The van der Waals surface area contributed by atoms with Gasteiger partial charge in [-0.3, -0.25) is 14.9 Å². The maximum absolute atomic E-state index is 13.7. The molecule has 35 heavy (non-hydrogen) atoms. The number of hydrogen-bond acceptors (Lipinski definition) is 5. The number of rotatable bonds is 6. The molecule has 0 spiro atoms. The molecule has 0 unspecified atom stereocenters. The summed E-state index contributed by atoms with van der Waals surface area (Å²) in [6.07, 6.45) is 1.32. The van der Waals surface area contributed by atoms with Gasteiger partial charge in [-0.15, -0.1) is 0 Å². The third kappa shape index (κ3) is 5.44. The monoisotopic (exact) mass is 602 g/mol. The molecule has 4 amide bonds. The minimum absolute atomic E-state index is 0.00125. The maximum atomic E-state index is 13.7. The second-order valence-corrected chi connectivity index (χ2v) is 9.16. The molecular weight excluding hydrogens is 587 g/mol. The molecule has 10 heteroatoms. The molecule has 1 heterocycles. The second-order valence-electron chi connectivity index (χ2n) is 7.39. The Morgan fingerprint density at radius 1 is 1.03 bits per heavy atom. The molecular formula is C25H17Br2FN2O5. The molecule has 0 aromatic heterocycles. The molecule has 0 saturated carbocycles. The van der Waals surface area contributed by atoms with Crippen molar-refractivity contribution in [2.45, 2.75) is 6.61 Å². The van der Waals surface area contributed by atoms with Gasteiger partial charge in [0, 0.05) is 4.47 Å². The first-order chi connectivity index (χ1) is 16.8. The third-order valence-electron chi connectivity index (χ3n) is 5.03. The highest BCUT2D eigenvalue weighted by Gasteiger charge is 2.37. The van der Waals surface area contributed by atoms with Crippen LogP contribution in [0.1, 0.15) is 11.1 Å². The van der Waals surface area contributed by atoms with Gasteiger partial charge in [0.05, 0.1) is 17.3 Å². The van der Waals surface area contributed by atoms with E-state index in [1.807, 2.05) is 24.3 Å². The molecule has 1 N–H and O–H groups in total. The summed E-state index contributed by atoms with van der Waals surface area (Å²) < 4.78 is 26.5. The van der Waals surface area contributed by atoms with E-state index in [-0.39, 0.29) is 17.9 Å². The quantitative estimate of drug-likeness (QED) is 0.293. The van der Waals surface area contributed by atoms with E-state index < -0.39 is 23.7 Å². The third-order valence-corrected chi connectivity index (χ3v) is 6.14. The van der Waals surface area contributed by atoms with Crippen LogP contribution in [-0.2, 0) is 16.2 Å². The fourth-order valence-corrected chi connectivity index (χ4v) is 4.21. The zero-order chi connectivity index (χ0) is 25.1. The normalized spacial score (nSPS) is 14.8. The first kappa shape index (κ1) is 24.6. The van der Waals surface area contributed by atoms with Crippen LogP contribution in [0, 0.1) is 5.82 Å². The summed E-state index contributed by atoms with van der Waals surface area (Å²) in [5.41, 5.74) is 1.09. The largest absolute Gasteiger partial charge is 0.493 e. The van der Waals surface area contributed by atoms with E-state index in [4.69, 9.17) is 9.47 Å². The molecule has 0 atom stereocenters. The number of nitrogens with one attached hydrogen (secondary N) is 1. The number of methoxy groups -OCH3 is 1. The number of imide groups is 2. The van der Waals surface area contributed by atoms with E-state index in [9.17, 15) is 18.8 Å². The maximum Gasteiger partial charge on any atom is 0.335 e. The fraction of sp³-hybridized carbons (Fsp3) is 0.0800. The number of halogens is 3. The predicted octanol–water partition coefficient (Wildman–Crippen LogP) is 5.60. The Morgan fingerprint density at radius 2 is 1.77 bits per heavy atom. The Kier molecular flexibility index (Phi) is 7.32. The molecule has 0 radical (unpaired) electrons. The van der Waals surface area contributed by atoms with Gasteiger partial charge >= 0.3 is 6.03 Å². The number of carbonyl (C=O) groups is 3. The van der Waals surface area contributed by atoms with E-state index >= 15 is 0 Å². The lowest BCUT2D eigenvalue weighted by Gasteiger charge is -2.26. The zero-order valence-electron chi connectivity index (χ0n) is 18.2. The number of nitrogens with zero attached hydrogens (tertiary/aromatic N) is 1. The van der Waals surface area contributed by atoms with E-state index in [2.05, 4.69) is 37.2 Å². The molecule has 178 valence electrons. The predicted molar refractivity (Wildman–Crippen MR) is 135 cm³/mol. The average Bonchev–Trinajstić information content (AvgIpc) is 2.82. The highest BCUT2D eigenvalue weighted by molar-refractivity contribution is 9.10. The molecule has 4 rings (SSSR count).